The van der Waals surface area contributed by atoms with E-state index in [0.717, 1.165) is 0 Å². The maximum absolute atomic E-state index is 12.0. The molecule has 0 saturated carbocycles. The SMILES string of the molecule is COC(=O)c1cnn(C)c1/N=N/c1c(C)nn(-c2cc(-n3nc(C)c(/N=N/c4c(C(=O)C=O)cnn4C)c3N)ncn2)c1N. The smallest absolute Gasteiger partial charge is 0.343 e. The van der Waals surface area contributed by atoms with Crippen molar-refractivity contribution in [2.45, 2.75) is 13.8 Å². The summed E-state index contributed by atoms with van der Waals surface area (Å²) in [6, 6.07) is 1.53. The maximum Gasteiger partial charge on any atom is 0.343 e. The second-order valence-corrected chi connectivity index (χ2v) is 9.08. The first-order chi connectivity index (χ1) is 21.0. The van der Waals surface area contributed by atoms with E-state index < -0.39 is 11.8 Å². The molecule has 0 unspecified atom stereocenters. The van der Waals surface area contributed by atoms with Crippen LogP contribution in [0.2, 0.25) is 0 Å². The van der Waals surface area contributed by atoms with Crippen LogP contribution in [-0.2, 0) is 23.6 Å². The van der Waals surface area contributed by atoms with Crippen LogP contribution in [-0.4, -0.2) is 74.2 Å². The van der Waals surface area contributed by atoms with Gasteiger partial charge in [0, 0.05) is 20.2 Å². The number of ether oxygens (including phenoxy) is 1. The summed E-state index contributed by atoms with van der Waals surface area (Å²) in [6.07, 6.45) is 3.98. The number of aldehydes is 1. The van der Waals surface area contributed by atoms with Gasteiger partial charge in [-0.3, -0.25) is 9.59 Å². The van der Waals surface area contributed by atoms with Gasteiger partial charge in [-0.1, -0.05) is 0 Å². The molecule has 0 saturated heterocycles. The molecule has 0 aliphatic rings. The summed E-state index contributed by atoms with van der Waals surface area (Å²) in [7, 11) is 4.40. The Kier molecular flexibility index (Phi) is 7.54. The van der Waals surface area contributed by atoms with Crippen LogP contribution >= 0.6 is 0 Å². The molecule has 4 N–H and O–H groups in total. The van der Waals surface area contributed by atoms with E-state index in [0.29, 0.717) is 11.4 Å². The first-order valence-electron chi connectivity index (χ1n) is 12.5. The first-order valence-corrected chi connectivity index (χ1v) is 12.5. The zero-order valence-corrected chi connectivity index (χ0v) is 23.9. The predicted molar refractivity (Wildman–Crippen MR) is 151 cm³/mol. The van der Waals surface area contributed by atoms with Crippen LogP contribution in [0.3, 0.4) is 0 Å². The Balaban J connectivity index is 1.47. The van der Waals surface area contributed by atoms with Crippen LogP contribution in [0.4, 0.5) is 34.6 Å². The lowest BCUT2D eigenvalue weighted by atomic mass is 10.2. The molecule has 20 nitrogen and oxygen atoms in total. The largest absolute Gasteiger partial charge is 0.465 e. The van der Waals surface area contributed by atoms with E-state index in [1.807, 2.05) is 0 Å². The van der Waals surface area contributed by atoms with Crippen molar-refractivity contribution in [2.75, 3.05) is 18.6 Å². The highest BCUT2D eigenvalue weighted by molar-refractivity contribution is 6.34. The van der Waals surface area contributed by atoms with Crippen LogP contribution in [0.5, 0.6) is 0 Å². The topological polar surface area (TPSA) is 259 Å². The minimum atomic E-state index is -0.790. The fourth-order valence-electron chi connectivity index (χ4n) is 4.02. The number of nitrogen functional groups attached to an aromatic ring is 2. The van der Waals surface area contributed by atoms with Gasteiger partial charge in [-0.15, -0.1) is 20.5 Å². The van der Waals surface area contributed by atoms with Crippen LogP contribution in [0.15, 0.2) is 45.2 Å². The minimum absolute atomic E-state index is 0.00876. The molecular weight excluding hydrogens is 576 g/mol. The summed E-state index contributed by atoms with van der Waals surface area (Å²) in [6.45, 7) is 3.33. The fourth-order valence-corrected chi connectivity index (χ4v) is 4.02. The van der Waals surface area contributed by atoms with E-state index in [2.05, 4.69) is 50.8 Å². The molecule has 0 aromatic carbocycles. The van der Waals surface area contributed by atoms with E-state index in [1.54, 1.807) is 27.9 Å². The number of carbonyl (C=O) groups excluding carboxylic acids is 3. The van der Waals surface area contributed by atoms with Crippen molar-refractivity contribution in [1.82, 2.24) is 49.1 Å². The number of hydrogen-bond donors (Lipinski definition) is 2. The Morgan fingerprint density at radius 1 is 0.818 bits per heavy atom. The molecule has 224 valence electrons. The molecule has 0 amide bonds. The highest BCUT2D eigenvalue weighted by atomic mass is 16.5. The summed E-state index contributed by atoms with van der Waals surface area (Å²) in [5.41, 5.74) is 14.1. The number of nitrogens with two attached hydrogens (primary N) is 2. The number of anilines is 2. The summed E-state index contributed by atoms with van der Waals surface area (Å²) in [5, 5.41) is 33.4. The number of nitrogens with zero attached hydrogens (tertiary/aromatic N) is 14. The van der Waals surface area contributed by atoms with Gasteiger partial charge in [-0.25, -0.2) is 24.1 Å². The van der Waals surface area contributed by atoms with Gasteiger partial charge in [0.2, 0.25) is 5.78 Å². The van der Waals surface area contributed by atoms with Gasteiger partial charge < -0.3 is 16.2 Å². The summed E-state index contributed by atoms with van der Waals surface area (Å²) in [5.74, 6) is -0.472. The molecule has 20 heteroatoms. The summed E-state index contributed by atoms with van der Waals surface area (Å²) < 4.78 is 10.1. The van der Waals surface area contributed by atoms with Gasteiger partial charge in [0.05, 0.1) is 36.5 Å². The molecule has 5 aromatic heterocycles. The third kappa shape index (κ3) is 5.06. The molecule has 5 heterocycles. The lowest BCUT2D eigenvalue weighted by Crippen LogP contribution is -2.09. The van der Waals surface area contributed by atoms with Crippen LogP contribution in [0, 0.1) is 13.8 Å². The second-order valence-electron chi connectivity index (χ2n) is 9.08. The lowest BCUT2D eigenvalue weighted by Gasteiger charge is -2.06. The van der Waals surface area contributed by atoms with Crippen molar-refractivity contribution in [1.29, 1.82) is 0 Å². The normalized spacial score (nSPS) is 11.6. The number of ketones is 1. The average molecular weight is 601 g/mol. The van der Waals surface area contributed by atoms with Crippen molar-refractivity contribution in [3.8, 4) is 11.6 Å². The van der Waals surface area contributed by atoms with E-state index in [-0.39, 0.29) is 63.7 Å². The Bertz CT molecular complexity index is 1990. The van der Waals surface area contributed by atoms with Crippen molar-refractivity contribution in [2.24, 2.45) is 34.6 Å². The molecule has 0 fully saturated rings. The number of hydrogen-bond acceptors (Lipinski definition) is 16. The standard InChI is InChI=1S/C24H24N16O4/c1-11-18(31-33-22-13(15(42)9-41)7-29-37(22)3)20(25)39(35-11)16-6-17(28-10-27-16)40-21(26)19(12(2)36-40)32-34-23-14(24(43)44-5)8-30-38(23)4/h6-10H,25-26H2,1-5H3/b33-31+,34-32+. The number of esters is 1. The zero-order chi connectivity index (χ0) is 31.7. The van der Waals surface area contributed by atoms with Crippen LogP contribution in [0.1, 0.15) is 32.1 Å². The number of aryl methyl sites for hydroxylation is 4. The Morgan fingerprint density at radius 2 is 1.30 bits per heavy atom. The van der Waals surface area contributed by atoms with Gasteiger partial charge >= 0.3 is 5.97 Å². The van der Waals surface area contributed by atoms with Crippen molar-refractivity contribution >= 4 is 52.7 Å². The molecule has 0 aliphatic carbocycles. The Labute approximate surface area is 247 Å². The van der Waals surface area contributed by atoms with Crippen molar-refractivity contribution < 1.29 is 19.1 Å². The second kappa shape index (κ2) is 11.4. The maximum atomic E-state index is 12.0. The summed E-state index contributed by atoms with van der Waals surface area (Å²) in [4.78, 5) is 43.4. The van der Waals surface area contributed by atoms with Gasteiger partial charge in [-0.2, -0.15) is 29.8 Å². The molecule has 0 radical (unpaired) electrons. The zero-order valence-electron chi connectivity index (χ0n) is 23.9. The number of aromatic nitrogens is 10. The highest BCUT2D eigenvalue weighted by Crippen LogP contribution is 2.33. The molecule has 5 aromatic rings. The molecule has 0 atom stereocenters. The number of Topliss-reactive ketones (excluding diaryl/α,β-unsaturated/α-hetero) is 1. The first kappa shape index (κ1) is 29.0. The van der Waals surface area contributed by atoms with E-state index in [9.17, 15) is 14.4 Å². The lowest BCUT2D eigenvalue weighted by molar-refractivity contribution is -0.104. The van der Waals surface area contributed by atoms with Crippen molar-refractivity contribution in [3.63, 3.8) is 0 Å². The predicted octanol–water partition coefficient (Wildman–Crippen LogP) is 2.10. The van der Waals surface area contributed by atoms with Crippen LogP contribution < -0.4 is 11.5 Å². The van der Waals surface area contributed by atoms with Gasteiger partial charge in [0.15, 0.2) is 52.6 Å². The molecule has 5 rings (SSSR count). The molecule has 0 bridgehead atoms. The van der Waals surface area contributed by atoms with Gasteiger partial charge in [-0.05, 0) is 13.8 Å². The molecule has 0 aliphatic heterocycles. The van der Waals surface area contributed by atoms with E-state index in [1.165, 1.54) is 50.6 Å². The number of rotatable bonds is 9. The van der Waals surface area contributed by atoms with Gasteiger partial charge in [0.1, 0.15) is 11.9 Å². The number of methoxy groups -OCH3 is 1. The Morgan fingerprint density at radius 3 is 1.77 bits per heavy atom. The minimum Gasteiger partial charge on any atom is -0.465 e. The highest BCUT2D eigenvalue weighted by Gasteiger charge is 2.21. The van der Waals surface area contributed by atoms with E-state index >= 15 is 0 Å². The number of azo groups is 2. The Hall–Kier alpha value is -6.47. The number of carbonyl (C=O) groups is 3. The average Bonchev–Trinajstić information content (AvgIpc) is 3.74. The van der Waals surface area contributed by atoms with Crippen molar-refractivity contribution in [3.05, 3.63) is 47.3 Å². The third-order valence-electron chi connectivity index (χ3n) is 6.28. The quantitative estimate of drug-likeness (QED) is 0.0810. The monoisotopic (exact) mass is 600 g/mol. The van der Waals surface area contributed by atoms with Gasteiger partial charge in [0.25, 0.3) is 0 Å². The molecule has 0 spiro atoms. The molecular formula is C24H24N16O4. The third-order valence-corrected chi connectivity index (χ3v) is 6.28. The summed E-state index contributed by atoms with van der Waals surface area (Å²) >= 11 is 0. The fraction of sp³-hybridized carbons (Fsp3) is 0.208. The molecule has 44 heavy (non-hydrogen) atoms. The van der Waals surface area contributed by atoms with Crippen LogP contribution in [0.25, 0.3) is 11.6 Å². The van der Waals surface area contributed by atoms with E-state index in [4.69, 9.17) is 16.2 Å².